The Kier molecular flexibility index (Phi) is 6.95. The number of amides is 1. The molecule has 0 spiro atoms. The number of aryl methyl sites for hydroxylation is 1. The van der Waals surface area contributed by atoms with Crippen molar-refractivity contribution in [1.82, 2.24) is 15.3 Å². The quantitative estimate of drug-likeness (QED) is 0.839. The number of hydrogen-bond acceptors (Lipinski definition) is 6. The minimum Gasteiger partial charge on any atom is -0.317 e. The van der Waals surface area contributed by atoms with Gasteiger partial charge in [0.25, 0.3) is 5.91 Å². The molecule has 2 aromatic heterocycles. The van der Waals surface area contributed by atoms with Crippen LogP contribution in [0.4, 0.5) is 5.13 Å². The summed E-state index contributed by atoms with van der Waals surface area (Å²) in [4.78, 5) is 22.8. The molecular weight excluding hydrogens is 352 g/mol. The smallest absolute Gasteiger partial charge is 0.269 e. The topological polar surface area (TPSA) is 66.9 Å². The third kappa shape index (κ3) is 4.73. The van der Waals surface area contributed by atoms with Crippen LogP contribution in [-0.2, 0) is 6.42 Å². The van der Waals surface area contributed by atoms with E-state index in [2.05, 4.69) is 27.5 Å². The first-order valence-electron chi connectivity index (χ1n) is 7.68. The van der Waals surface area contributed by atoms with Crippen LogP contribution in [0.2, 0.25) is 0 Å². The number of piperidine rings is 1. The third-order valence-electron chi connectivity index (χ3n) is 3.73. The lowest BCUT2D eigenvalue weighted by molar-refractivity contribution is 0.103. The molecule has 23 heavy (non-hydrogen) atoms. The molecule has 3 heterocycles. The molecule has 1 saturated heterocycles. The summed E-state index contributed by atoms with van der Waals surface area (Å²) in [7, 11) is 0. The van der Waals surface area contributed by atoms with Crippen molar-refractivity contribution in [2.45, 2.75) is 38.5 Å². The molecule has 0 radical (unpaired) electrons. The summed E-state index contributed by atoms with van der Waals surface area (Å²) >= 11 is 3.06. The van der Waals surface area contributed by atoms with Crippen LogP contribution in [0.3, 0.4) is 0 Å². The first-order chi connectivity index (χ1) is 10.8. The number of hydrogen-bond donors (Lipinski definition) is 2. The van der Waals surface area contributed by atoms with Gasteiger partial charge in [0.05, 0.1) is 11.2 Å². The number of carbonyl (C=O) groups is 1. The summed E-state index contributed by atoms with van der Waals surface area (Å²) < 4.78 is 0. The molecule has 1 fully saturated rings. The molecule has 2 aromatic rings. The second-order valence-corrected chi connectivity index (χ2v) is 7.59. The molecule has 8 heteroatoms. The molecule has 0 bridgehead atoms. The van der Waals surface area contributed by atoms with Crippen molar-refractivity contribution >= 4 is 46.1 Å². The molecule has 0 aliphatic carbocycles. The fraction of sp³-hybridized carbons (Fsp3) is 0.533. The largest absolute Gasteiger partial charge is 0.317 e. The van der Waals surface area contributed by atoms with Gasteiger partial charge in [0.2, 0.25) is 0 Å². The van der Waals surface area contributed by atoms with Gasteiger partial charge in [-0.05, 0) is 44.7 Å². The maximum Gasteiger partial charge on any atom is 0.269 e. The van der Waals surface area contributed by atoms with Crippen LogP contribution < -0.4 is 10.6 Å². The Morgan fingerprint density at radius 2 is 2.09 bits per heavy atom. The highest BCUT2D eigenvalue weighted by atomic mass is 35.5. The van der Waals surface area contributed by atoms with Crippen molar-refractivity contribution in [2.75, 3.05) is 18.4 Å². The van der Waals surface area contributed by atoms with E-state index < -0.39 is 0 Å². The van der Waals surface area contributed by atoms with Gasteiger partial charge in [-0.2, -0.15) is 0 Å². The van der Waals surface area contributed by atoms with Gasteiger partial charge in [0, 0.05) is 11.1 Å². The highest BCUT2D eigenvalue weighted by Gasteiger charge is 2.19. The van der Waals surface area contributed by atoms with Gasteiger partial charge in [-0.3, -0.25) is 10.1 Å². The number of nitrogens with zero attached hydrogens (tertiary/aromatic N) is 2. The number of rotatable bonds is 5. The maximum atomic E-state index is 12.2. The average molecular weight is 373 g/mol. The lowest BCUT2D eigenvalue weighted by Gasteiger charge is -2.20. The zero-order valence-corrected chi connectivity index (χ0v) is 15.5. The van der Waals surface area contributed by atoms with Crippen molar-refractivity contribution in [2.24, 2.45) is 0 Å². The van der Waals surface area contributed by atoms with Gasteiger partial charge >= 0.3 is 0 Å². The molecule has 126 valence electrons. The molecule has 2 N–H and O–H groups in total. The van der Waals surface area contributed by atoms with E-state index in [0.717, 1.165) is 43.8 Å². The van der Waals surface area contributed by atoms with Gasteiger partial charge in [0.1, 0.15) is 4.88 Å². The standard InChI is InChI=1S/C15H20N4OS2.ClH/c1-2-3-13-17-9-12(21-13)14(20)19-15-18-8-11(22-15)10-4-6-16-7-5-10;/h8-10,16H,2-7H2,1H3,(H,18,19,20);1H. The molecule has 0 atom stereocenters. The molecule has 0 unspecified atom stereocenters. The number of aromatic nitrogens is 2. The molecule has 3 rings (SSSR count). The minimum atomic E-state index is -0.105. The maximum absolute atomic E-state index is 12.2. The number of carbonyl (C=O) groups excluding carboxylic acids is 1. The van der Waals surface area contributed by atoms with Gasteiger partial charge in [0.15, 0.2) is 5.13 Å². The van der Waals surface area contributed by atoms with Crippen molar-refractivity contribution < 1.29 is 4.79 Å². The Balaban J connectivity index is 0.00000192. The van der Waals surface area contributed by atoms with E-state index in [1.54, 1.807) is 17.5 Å². The molecule has 0 saturated carbocycles. The molecule has 1 aliphatic rings. The zero-order valence-electron chi connectivity index (χ0n) is 13.0. The first-order valence-corrected chi connectivity index (χ1v) is 9.32. The van der Waals surface area contributed by atoms with Crippen LogP contribution in [0.25, 0.3) is 0 Å². The lowest BCUT2D eigenvalue weighted by Crippen LogP contribution is -2.26. The predicted octanol–water partition coefficient (Wildman–Crippen LogP) is 3.69. The monoisotopic (exact) mass is 372 g/mol. The second-order valence-electron chi connectivity index (χ2n) is 5.41. The van der Waals surface area contributed by atoms with E-state index >= 15 is 0 Å². The van der Waals surface area contributed by atoms with Crippen LogP contribution >= 0.6 is 35.1 Å². The summed E-state index contributed by atoms with van der Waals surface area (Å²) in [5.74, 6) is 0.468. The van der Waals surface area contributed by atoms with Gasteiger partial charge in [-0.1, -0.05) is 6.92 Å². The van der Waals surface area contributed by atoms with Gasteiger partial charge in [-0.15, -0.1) is 35.1 Å². The number of nitrogens with one attached hydrogen (secondary N) is 2. The van der Waals surface area contributed by atoms with E-state index in [0.29, 0.717) is 15.9 Å². The fourth-order valence-electron chi connectivity index (χ4n) is 2.54. The summed E-state index contributed by atoms with van der Waals surface area (Å²) in [5, 5.41) is 7.96. The molecular formula is C15H21ClN4OS2. The highest BCUT2D eigenvalue weighted by molar-refractivity contribution is 7.16. The van der Waals surface area contributed by atoms with E-state index in [9.17, 15) is 4.79 Å². The highest BCUT2D eigenvalue weighted by Crippen LogP contribution is 2.32. The molecule has 0 aromatic carbocycles. The van der Waals surface area contributed by atoms with E-state index in [-0.39, 0.29) is 18.3 Å². The van der Waals surface area contributed by atoms with Crippen molar-refractivity contribution in [3.05, 3.63) is 27.2 Å². The van der Waals surface area contributed by atoms with Crippen LogP contribution in [0.5, 0.6) is 0 Å². The van der Waals surface area contributed by atoms with Crippen LogP contribution in [0.15, 0.2) is 12.4 Å². The van der Waals surface area contributed by atoms with Gasteiger partial charge < -0.3 is 5.32 Å². The third-order valence-corrected chi connectivity index (χ3v) is 5.86. The molecule has 1 amide bonds. The summed E-state index contributed by atoms with van der Waals surface area (Å²) in [6.07, 6.45) is 7.82. The Morgan fingerprint density at radius 1 is 1.30 bits per heavy atom. The lowest BCUT2D eigenvalue weighted by atomic mass is 9.97. The average Bonchev–Trinajstić information content (AvgIpc) is 3.18. The molecule has 5 nitrogen and oxygen atoms in total. The number of halogens is 1. The minimum absolute atomic E-state index is 0. The van der Waals surface area contributed by atoms with Crippen LogP contribution in [0.1, 0.15) is 51.7 Å². The zero-order chi connectivity index (χ0) is 15.4. The number of anilines is 1. The SMILES string of the molecule is CCCc1ncc(C(=O)Nc2ncc(C3CCNCC3)s2)s1.Cl. The molecule has 1 aliphatic heterocycles. The number of thiazole rings is 2. The van der Waals surface area contributed by atoms with Crippen LogP contribution in [-0.4, -0.2) is 29.0 Å². The van der Waals surface area contributed by atoms with Crippen molar-refractivity contribution in [1.29, 1.82) is 0 Å². The van der Waals surface area contributed by atoms with E-state index in [4.69, 9.17) is 0 Å². The van der Waals surface area contributed by atoms with Crippen molar-refractivity contribution in [3.63, 3.8) is 0 Å². The van der Waals surface area contributed by atoms with Crippen molar-refractivity contribution in [3.8, 4) is 0 Å². The Labute approximate surface area is 150 Å². The normalized spacial score (nSPS) is 15.2. The summed E-state index contributed by atoms with van der Waals surface area (Å²) in [5.41, 5.74) is 0. The first kappa shape index (κ1) is 18.3. The van der Waals surface area contributed by atoms with E-state index in [1.807, 2.05) is 6.20 Å². The Morgan fingerprint density at radius 3 is 2.83 bits per heavy atom. The summed E-state index contributed by atoms with van der Waals surface area (Å²) in [6, 6.07) is 0. The second kappa shape index (κ2) is 8.73. The van der Waals surface area contributed by atoms with Gasteiger partial charge in [-0.25, -0.2) is 9.97 Å². The van der Waals surface area contributed by atoms with Crippen LogP contribution in [0, 0.1) is 0 Å². The van der Waals surface area contributed by atoms with E-state index in [1.165, 1.54) is 16.2 Å². The Bertz CT molecular complexity index is 637. The Hall–Kier alpha value is -1.02. The summed E-state index contributed by atoms with van der Waals surface area (Å²) in [6.45, 7) is 4.23. The fourth-order valence-corrected chi connectivity index (χ4v) is 4.44. The predicted molar refractivity (Wildman–Crippen MR) is 98.3 cm³/mol.